The maximum absolute atomic E-state index is 14.8. The Hall–Kier alpha value is -4.73. The van der Waals surface area contributed by atoms with Crippen LogP contribution in [0.5, 0.6) is 11.5 Å². The molecule has 0 bridgehead atoms. The molecule has 3 atom stereocenters. The summed E-state index contributed by atoms with van der Waals surface area (Å²) in [5.41, 5.74) is 0.875. The van der Waals surface area contributed by atoms with Crippen molar-refractivity contribution in [3.8, 4) is 11.5 Å². The van der Waals surface area contributed by atoms with Gasteiger partial charge in [-0.25, -0.2) is 22.4 Å². The first-order valence-electron chi connectivity index (χ1n) is 14.9. The summed E-state index contributed by atoms with van der Waals surface area (Å²) in [7, 11) is 1.39. The zero-order valence-corrected chi connectivity index (χ0v) is 25.3. The van der Waals surface area contributed by atoms with Crippen molar-refractivity contribution in [3.63, 3.8) is 0 Å². The standard InChI is InChI=1S/C36H32F4O6/c1-3-45-36(43)22-8-7-20(13-22)14-26(41)19-46-32-6-4-5-27(35(32)44-2)28-15-23(21-9-11-24(37)12-10-21)16-29(28)34(42)33-30(39)17-25(38)18-31(33)40/h4-6,8-12,16-18,20,23,28H,3,7,13-15,19H2,1-2H3. The van der Waals surface area contributed by atoms with Crippen LogP contribution in [0.15, 0.2) is 77.9 Å². The van der Waals surface area contributed by atoms with E-state index in [-0.39, 0.29) is 60.8 Å². The highest BCUT2D eigenvalue weighted by molar-refractivity contribution is 6.10. The number of hydrogen-bond donors (Lipinski definition) is 0. The molecule has 3 aromatic carbocycles. The molecule has 0 fully saturated rings. The molecule has 3 aromatic rings. The average molecular weight is 637 g/mol. The summed E-state index contributed by atoms with van der Waals surface area (Å²) in [5.74, 6) is -6.55. The van der Waals surface area contributed by atoms with E-state index in [4.69, 9.17) is 14.2 Å². The first-order valence-corrected chi connectivity index (χ1v) is 14.9. The molecule has 2 aliphatic rings. The Morgan fingerprint density at radius 3 is 2.33 bits per heavy atom. The van der Waals surface area contributed by atoms with Gasteiger partial charge in [0.25, 0.3) is 0 Å². The Morgan fingerprint density at radius 2 is 1.65 bits per heavy atom. The molecule has 240 valence electrons. The van der Waals surface area contributed by atoms with E-state index >= 15 is 0 Å². The molecule has 0 aromatic heterocycles. The third-order valence-electron chi connectivity index (χ3n) is 8.28. The number of benzene rings is 3. The van der Waals surface area contributed by atoms with Gasteiger partial charge in [0.05, 0.1) is 19.3 Å². The van der Waals surface area contributed by atoms with Crippen LogP contribution < -0.4 is 9.47 Å². The lowest BCUT2D eigenvalue weighted by molar-refractivity contribution is -0.138. The third kappa shape index (κ3) is 7.06. The number of ether oxygens (including phenoxy) is 3. The van der Waals surface area contributed by atoms with E-state index in [0.29, 0.717) is 41.7 Å². The lowest BCUT2D eigenvalue weighted by Crippen LogP contribution is -2.17. The largest absolute Gasteiger partial charge is 0.493 e. The van der Waals surface area contributed by atoms with Gasteiger partial charge in [0, 0.05) is 47.1 Å². The van der Waals surface area contributed by atoms with Gasteiger partial charge in [0.1, 0.15) is 29.9 Å². The zero-order chi connectivity index (χ0) is 33.0. The molecule has 2 aliphatic carbocycles. The minimum Gasteiger partial charge on any atom is -0.493 e. The van der Waals surface area contributed by atoms with E-state index in [0.717, 1.165) is 0 Å². The summed E-state index contributed by atoms with van der Waals surface area (Å²) in [4.78, 5) is 38.5. The first kappa shape index (κ1) is 32.7. The number of esters is 1. The molecule has 5 rings (SSSR count). The number of para-hydroxylation sites is 1. The maximum Gasteiger partial charge on any atom is 0.333 e. The van der Waals surface area contributed by atoms with Crippen LogP contribution in [-0.2, 0) is 14.3 Å². The zero-order valence-electron chi connectivity index (χ0n) is 25.3. The van der Waals surface area contributed by atoms with Crippen LogP contribution >= 0.6 is 0 Å². The van der Waals surface area contributed by atoms with Gasteiger partial charge >= 0.3 is 5.97 Å². The Morgan fingerprint density at radius 1 is 0.935 bits per heavy atom. The summed E-state index contributed by atoms with van der Waals surface area (Å²) in [6, 6.07) is 11.5. The van der Waals surface area contributed by atoms with E-state index in [2.05, 4.69) is 0 Å². The van der Waals surface area contributed by atoms with E-state index in [1.54, 1.807) is 49.4 Å². The molecule has 0 spiro atoms. The Labute approximate surface area is 263 Å². The van der Waals surface area contributed by atoms with Gasteiger partial charge in [-0.15, -0.1) is 0 Å². The van der Waals surface area contributed by atoms with Crippen molar-refractivity contribution in [2.24, 2.45) is 5.92 Å². The Kier molecular flexibility index (Phi) is 10.0. The molecule has 0 heterocycles. The lowest BCUT2D eigenvalue weighted by Gasteiger charge is -2.21. The maximum atomic E-state index is 14.8. The second-order valence-corrected chi connectivity index (χ2v) is 11.3. The topological polar surface area (TPSA) is 78.9 Å². The molecule has 0 radical (unpaired) electrons. The number of Topliss-reactive ketones (excluding diaryl/α,β-unsaturated/α-hetero) is 2. The van der Waals surface area contributed by atoms with Crippen LogP contribution in [-0.4, -0.2) is 37.9 Å². The number of carbonyl (C=O) groups excluding carboxylic acids is 3. The highest BCUT2D eigenvalue weighted by Crippen LogP contribution is 2.49. The molecule has 6 nitrogen and oxygen atoms in total. The summed E-state index contributed by atoms with van der Waals surface area (Å²) >= 11 is 0. The fourth-order valence-electron chi connectivity index (χ4n) is 6.17. The lowest BCUT2D eigenvalue weighted by atomic mass is 9.86. The highest BCUT2D eigenvalue weighted by Gasteiger charge is 2.37. The van der Waals surface area contributed by atoms with Crippen molar-refractivity contribution >= 4 is 17.5 Å². The molecular weight excluding hydrogens is 604 g/mol. The van der Waals surface area contributed by atoms with Gasteiger partial charge in [0.15, 0.2) is 23.1 Å². The van der Waals surface area contributed by atoms with Crippen molar-refractivity contribution in [2.45, 2.75) is 44.4 Å². The predicted molar refractivity (Wildman–Crippen MR) is 161 cm³/mol. The molecular formula is C36H32F4O6. The number of hydrogen-bond acceptors (Lipinski definition) is 6. The predicted octanol–water partition coefficient (Wildman–Crippen LogP) is 7.57. The van der Waals surface area contributed by atoms with Crippen molar-refractivity contribution in [1.29, 1.82) is 0 Å². The smallest absolute Gasteiger partial charge is 0.333 e. The fourth-order valence-corrected chi connectivity index (χ4v) is 6.17. The van der Waals surface area contributed by atoms with Crippen LogP contribution in [0.3, 0.4) is 0 Å². The second-order valence-electron chi connectivity index (χ2n) is 11.3. The summed E-state index contributed by atoms with van der Waals surface area (Å²) < 4.78 is 73.5. The van der Waals surface area contributed by atoms with Gasteiger partial charge in [-0.2, -0.15) is 0 Å². The number of allylic oxidation sites excluding steroid dienone is 3. The number of rotatable bonds is 12. The molecule has 0 saturated carbocycles. The van der Waals surface area contributed by atoms with Crippen molar-refractivity contribution in [3.05, 3.63) is 118 Å². The molecule has 0 saturated heterocycles. The number of ketones is 2. The van der Waals surface area contributed by atoms with Gasteiger partial charge in [0.2, 0.25) is 0 Å². The summed E-state index contributed by atoms with van der Waals surface area (Å²) in [6.45, 7) is 1.72. The van der Waals surface area contributed by atoms with Crippen LogP contribution in [0.1, 0.15) is 65.9 Å². The molecule has 3 unspecified atom stereocenters. The van der Waals surface area contributed by atoms with E-state index in [1.165, 1.54) is 19.2 Å². The summed E-state index contributed by atoms with van der Waals surface area (Å²) in [5, 5.41) is 0. The first-order chi connectivity index (χ1) is 22.1. The normalized spacial score (nSPS) is 19.0. The molecule has 0 aliphatic heterocycles. The van der Waals surface area contributed by atoms with Gasteiger partial charge < -0.3 is 14.2 Å². The van der Waals surface area contributed by atoms with E-state index in [9.17, 15) is 31.9 Å². The van der Waals surface area contributed by atoms with Crippen LogP contribution in [0.2, 0.25) is 0 Å². The molecule has 0 N–H and O–H groups in total. The number of halogens is 4. The second kappa shape index (κ2) is 14.1. The Bertz CT molecular complexity index is 1690. The van der Waals surface area contributed by atoms with Gasteiger partial charge in [-0.1, -0.05) is 36.4 Å². The molecule has 10 heteroatoms. The van der Waals surface area contributed by atoms with Crippen molar-refractivity contribution in [2.75, 3.05) is 20.3 Å². The fraction of sp³-hybridized carbons (Fsp3) is 0.306. The van der Waals surface area contributed by atoms with Crippen molar-refractivity contribution < 1.29 is 46.2 Å². The van der Waals surface area contributed by atoms with Gasteiger partial charge in [-0.05, 0) is 55.9 Å². The minimum atomic E-state index is -1.33. The van der Waals surface area contributed by atoms with Crippen LogP contribution in [0, 0.1) is 29.2 Å². The average Bonchev–Trinajstić information content (AvgIpc) is 3.68. The third-order valence-corrected chi connectivity index (χ3v) is 8.28. The molecule has 46 heavy (non-hydrogen) atoms. The number of methoxy groups -OCH3 is 1. The molecule has 0 amide bonds. The SMILES string of the molecule is CCOC(=O)C1=CCC(CC(=O)COc2cccc(C3CC(c4ccc(F)cc4)C=C3C(=O)c3c(F)cc(F)cc3F)c2OC)C1. The number of carbonyl (C=O) groups is 3. The van der Waals surface area contributed by atoms with Crippen LogP contribution in [0.4, 0.5) is 17.6 Å². The van der Waals surface area contributed by atoms with E-state index in [1.807, 2.05) is 0 Å². The quantitative estimate of drug-likeness (QED) is 0.116. The minimum absolute atomic E-state index is 0.0448. The van der Waals surface area contributed by atoms with Crippen LogP contribution in [0.25, 0.3) is 0 Å². The summed E-state index contributed by atoms with van der Waals surface area (Å²) in [6.07, 6.45) is 4.86. The van der Waals surface area contributed by atoms with E-state index < -0.39 is 46.5 Å². The van der Waals surface area contributed by atoms with Gasteiger partial charge in [-0.3, -0.25) is 9.59 Å². The van der Waals surface area contributed by atoms with Crippen molar-refractivity contribution in [1.82, 2.24) is 0 Å². The monoisotopic (exact) mass is 636 g/mol. The Balaban J connectivity index is 1.39. The highest BCUT2D eigenvalue weighted by atomic mass is 19.1.